The SMILES string of the molecule is O=C(Cn1cnc2c(c1=O)CCC2)Nc1cccc(Cl)c1Cl. The third kappa shape index (κ3) is 2.87. The summed E-state index contributed by atoms with van der Waals surface area (Å²) in [4.78, 5) is 28.6. The lowest BCUT2D eigenvalue weighted by molar-refractivity contribution is -0.116. The number of rotatable bonds is 3. The van der Waals surface area contributed by atoms with Crippen molar-refractivity contribution in [1.82, 2.24) is 9.55 Å². The summed E-state index contributed by atoms with van der Waals surface area (Å²) < 4.78 is 1.32. The lowest BCUT2D eigenvalue weighted by Gasteiger charge is -2.10. The minimum atomic E-state index is -0.356. The fraction of sp³-hybridized carbons (Fsp3) is 0.267. The molecule has 0 atom stereocenters. The van der Waals surface area contributed by atoms with Gasteiger partial charge in [-0.1, -0.05) is 29.3 Å². The van der Waals surface area contributed by atoms with Crippen molar-refractivity contribution < 1.29 is 4.79 Å². The van der Waals surface area contributed by atoms with Crippen molar-refractivity contribution in [1.29, 1.82) is 0 Å². The largest absolute Gasteiger partial charge is 0.323 e. The molecule has 0 saturated carbocycles. The van der Waals surface area contributed by atoms with Crippen LogP contribution in [0.4, 0.5) is 5.69 Å². The summed E-state index contributed by atoms with van der Waals surface area (Å²) in [5.41, 5.74) is 1.84. The second-order valence-electron chi connectivity index (χ2n) is 5.11. The maximum Gasteiger partial charge on any atom is 0.257 e. The molecule has 0 unspecified atom stereocenters. The topological polar surface area (TPSA) is 64.0 Å². The van der Waals surface area contributed by atoms with Gasteiger partial charge in [0.25, 0.3) is 5.56 Å². The Morgan fingerprint density at radius 2 is 2.14 bits per heavy atom. The summed E-state index contributed by atoms with van der Waals surface area (Å²) in [5, 5.41) is 3.28. The third-order valence-corrected chi connectivity index (χ3v) is 4.42. The Balaban J connectivity index is 1.78. The zero-order valence-corrected chi connectivity index (χ0v) is 13.1. The zero-order valence-electron chi connectivity index (χ0n) is 11.6. The molecule has 1 aromatic heterocycles. The highest BCUT2D eigenvalue weighted by atomic mass is 35.5. The Hall–Kier alpha value is -1.85. The monoisotopic (exact) mass is 337 g/mol. The normalized spacial score (nSPS) is 13.0. The molecule has 0 aliphatic heterocycles. The molecule has 22 heavy (non-hydrogen) atoms. The van der Waals surface area contributed by atoms with Gasteiger partial charge in [-0.05, 0) is 31.4 Å². The van der Waals surface area contributed by atoms with Gasteiger partial charge in [0.05, 0.1) is 27.8 Å². The Kier molecular flexibility index (Phi) is 4.18. The molecular weight excluding hydrogens is 325 g/mol. The standard InChI is InChI=1S/C15H13Cl2N3O2/c16-10-4-2-6-12(14(10)17)19-13(21)7-20-8-18-11-5-1-3-9(11)15(20)22/h2,4,6,8H,1,3,5,7H2,(H,19,21). The number of amides is 1. The number of carbonyl (C=O) groups excluding carboxylic acids is 1. The lowest BCUT2D eigenvalue weighted by atomic mass is 10.2. The van der Waals surface area contributed by atoms with Crippen LogP contribution in [0.2, 0.25) is 10.0 Å². The molecular formula is C15H13Cl2N3O2. The molecule has 0 radical (unpaired) electrons. The smallest absolute Gasteiger partial charge is 0.257 e. The van der Waals surface area contributed by atoms with Gasteiger partial charge in [-0.15, -0.1) is 0 Å². The number of carbonyl (C=O) groups is 1. The summed E-state index contributed by atoms with van der Waals surface area (Å²) in [6.45, 7) is -0.109. The van der Waals surface area contributed by atoms with Gasteiger partial charge >= 0.3 is 0 Å². The van der Waals surface area contributed by atoms with Crippen molar-refractivity contribution >= 4 is 34.8 Å². The number of anilines is 1. The molecule has 1 aromatic carbocycles. The lowest BCUT2D eigenvalue weighted by Crippen LogP contribution is -2.30. The number of hydrogen-bond donors (Lipinski definition) is 1. The first-order valence-electron chi connectivity index (χ1n) is 6.87. The molecule has 3 rings (SSSR count). The van der Waals surface area contributed by atoms with Gasteiger partial charge in [0.2, 0.25) is 5.91 Å². The number of hydrogen-bond acceptors (Lipinski definition) is 3. The summed E-state index contributed by atoms with van der Waals surface area (Å²) in [6.07, 6.45) is 3.91. The quantitative estimate of drug-likeness (QED) is 0.936. The highest BCUT2D eigenvalue weighted by Crippen LogP contribution is 2.29. The van der Waals surface area contributed by atoms with E-state index in [1.807, 2.05) is 0 Å². The summed E-state index contributed by atoms with van der Waals surface area (Å²) >= 11 is 11.9. The van der Waals surface area contributed by atoms with Gasteiger partial charge in [0.15, 0.2) is 0 Å². The number of halogens is 2. The van der Waals surface area contributed by atoms with E-state index in [2.05, 4.69) is 10.3 Å². The van der Waals surface area contributed by atoms with Crippen molar-refractivity contribution in [3.8, 4) is 0 Å². The zero-order chi connectivity index (χ0) is 15.7. The first kappa shape index (κ1) is 15.1. The molecule has 2 aromatic rings. The number of fused-ring (bicyclic) bond motifs is 1. The van der Waals surface area contributed by atoms with Crippen LogP contribution in [-0.2, 0) is 24.2 Å². The molecule has 7 heteroatoms. The van der Waals surface area contributed by atoms with Gasteiger partial charge in [-0.3, -0.25) is 14.2 Å². The van der Waals surface area contributed by atoms with Crippen molar-refractivity contribution in [3.05, 3.63) is 56.2 Å². The first-order chi connectivity index (χ1) is 10.6. The van der Waals surface area contributed by atoms with Crippen molar-refractivity contribution in [2.24, 2.45) is 0 Å². The summed E-state index contributed by atoms with van der Waals surface area (Å²) in [5.74, 6) is -0.356. The average Bonchev–Trinajstić information content (AvgIpc) is 2.96. The van der Waals surface area contributed by atoms with Crippen molar-refractivity contribution in [3.63, 3.8) is 0 Å². The van der Waals surface area contributed by atoms with E-state index in [0.29, 0.717) is 10.7 Å². The van der Waals surface area contributed by atoms with Gasteiger partial charge in [0, 0.05) is 5.56 Å². The predicted molar refractivity (Wildman–Crippen MR) is 85.6 cm³/mol. The van der Waals surface area contributed by atoms with E-state index in [4.69, 9.17) is 23.2 Å². The number of nitrogens with one attached hydrogen (secondary N) is 1. The van der Waals surface area contributed by atoms with Crippen LogP contribution < -0.4 is 10.9 Å². The number of benzene rings is 1. The van der Waals surface area contributed by atoms with Crippen LogP contribution in [0.15, 0.2) is 29.3 Å². The van der Waals surface area contributed by atoms with E-state index >= 15 is 0 Å². The molecule has 1 amide bonds. The molecule has 1 aliphatic rings. The average molecular weight is 338 g/mol. The Morgan fingerprint density at radius 3 is 2.95 bits per heavy atom. The van der Waals surface area contributed by atoms with Crippen LogP contribution in [0.5, 0.6) is 0 Å². The molecule has 0 saturated heterocycles. The van der Waals surface area contributed by atoms with E-state index in [9.17, 15) is 9.59 Å². The molecule has 5 nitrogen and oxygen atoms in total. The third-order valence-electron chi connectivity index (χ3n) is 3.60. The van der Waals surface area contributed by atoms with Gasteiger partial charge in [-0.25, -0.2) is 4.98 Å². The van der Waals surface area contributed by atoms with Crippen LogP contribution in [0.25, 0.3) is 0 Å². The maximum absolute atomic E-state index is 12.3. The van der Waals surface area contributed by atoms with E-state index in [1.165, 1.54) is 10.9 Å². The molecule has 0 bridgehead atoms. The Labute approximate surface area is 136 Å². The molecule has 1 aliphatic carbocycles. The molecule has 0 spiro atoms. The van der Waals surface area contributed by atoms with Crippen LogP contribution in [0.3, 0.4) is 0 Å². The highest BCUT2D eigenvalue weighted by molar-refractivity contribution is 6.43. The number of aryl methyl sites for hydroxylation is 1. The van der Waals surface area contributed by atoms with Gasteiger partial charge in [0.1, 0.15) is 6.54 Å². The maximum atomic E-state index is 12.3. The molecule has 1 N–H and O–H groups in total. The molecule has 1 heterocycles. The minimum Gasteiger partial charge on any atom is -0.323 e. The highest BCUT2D eigenvalue weighted by Gasteiger charge is 2.18. The number of nitrogens with zero attached hydrogens (tertiary/aromatic N) is 2. The Morgan fingerprint density at radius 1 is 1.32 bits per heavy atom. The van der Waals surface area contributed by atoms with Crippen LogP contribution >= 0.6 is 23.2 Å². The van der Waals surface area contributed by atoms with Gasteiger partial charge in [-0.2, -0.15) is 0 Å². The molecule has 0 fully saturated rings. The van der Waals surface area contributed by atoms with Crippen LogP contribution in [0, 0.1) is 0 Å². The van der Waals surface area contributed by atoms with E-state index in [1.54, 1.807) is 18.2 Å². The predicted octanol–water partition coefficient (Wildman–Crippen LogP) is 2.68. The number of aromatic nitrogens is 2. The Bertz CT molecular complexity index is 802. The van der Waals surface area contributed by atoms with Crippen molar-refractivity contribution in [2.75, 3.05) is 5.32 Å². The van der Waals surface area contributed by atoms with Crippen LogP contribution in [0.1, 0.15) is 17.7 Å². The minimum absolute atomic E-state index is 0.109. The van der Waals surface area contributed by atoms with E-state index < -0.39 is 0 Å². The summed E-state index contributed by atoms with van der Waals surface area (Å²) in [6, 6.07) is 4.97. The van der Waals surface area contributed by atoms with Gasteiger partial charge < -0.3 is 5.32 Å². The van der Waals surface area contributed by atoms with E-state index in [0.717, 1.165) is 30.5 Å². The van der Waals surface area contributed by atoms with Crippen molar-refractivity contribution in [2.45, 2.75) is 25.8 Å². The van der Waals surface area contributed by atoms with E-state index in [-0.39, 0.29) is 23.0 Å². The second kappa shape index (κ2) is 6.10. The fourth-order valence-corrected chi connectivity index (χ4v) is 2.87. The van der Waals surface area contributed by atoms with Crippen LogP contribution in [-0.4, -0.2) is 15.5 Å². The molecule has 114 valence electrons. The first-order valence-corrected chi connectivity index (χ1v) is 7.63. The summed E-state index contributed by atoms with van der Waals surface area (Å²) in [7, 11) is 0. The fourth-order valence-electron chi connectivity index (χ4n) is 2.52. The second-order valence-corrected chi connectivity index (χ2v) is 5.89.